The second kappa shape index (κ2) is 9.38. The van der Waals surface area contributed by atoms with E-state index < -0.39 is 0 Å². The van der Waals surface area contributed by atoms with Crippen LogP contribution in [0, 0.1) is 0 Å². The van der Waals surface area contributed by atoms with E-state index >= 15 is 0 Å². The van der Waals surface area contributed by atoms with Gasteiger partial charge in [0.25, 0.3) is 0 Å². The van der Waals surface area contributed by atoms with Gasteiger partial charge in [-0.15, -0.1) is 0 Å². The number of pyridine rings is 1. The topological polar surface area (TPSA) is 46.6 Å². The molecule has 5 nitrogen and oxygen atoms in total. The number of nitrogens with one attached hydrogen (secondary N) is 1. The van der Waals surface area contributed by atoms with Gasteiger partial charge in [-0.2, -0.15) is 0 Å². The molecule has 0 saturated heterocycles. The second-order valence-corrected chi connectivity index (χ2v) is 6.69. The molecule has 2 heterocycles. The lowest BCUT2D eigenvalue weighted by Crippen LogP contribution is -2.39. The van der Waals surface area contributed by atoms with Crippen LogP contribution in [0.3, 0.4) is 0 Å². The Morgan fingerprint density at radius 2 is 2.04 bits per heavy atom. The third-order valence-corrected chi connectivity index (χ3v) is 4.64. The van der Waals surface area contributed by atoms with Crippen LogP contribution in [0.5, 0.6) is 11.5 Å². The minimum absolute atomic E-state index is 0.286. The van der Waals surface area contributed by atoms with Gasteiger partial charge in [0, 0.05) is 19.3 Å². The summed E-state index contributed by atoms with van der Waals surface area (Å²) in [6.07, 6.45) is 5.34. The van der Waals surface area contributed by atoms with E-state index in [0.717, 1.165) is 40.8 Å². The number of hydrogen-bond donors (Lipinski definition) is 1. The van der Waals surface area contributed by atoms with Crippen molar-refractivity contribution in [3.63, 3.8) is 0 Å². The Balaban J connectivity index is 1.68. The van der Waals surface area contributed by atoms with Crippen molar-refractivity contribution in [2.45, 2.75) is 39.3 Å². The molecule has 6 heteroatoms. The number of fused-ring (bicyclic) bond motifs is 1. The van der Waals surface area contributed by atoms with E-state index in [0.29, 0.717) is 13.1 Å². The summed E-state index contributed by atoms with van der Waals surface area (Å²) >= 11 is 5.65. The first-order valence-corrected chi connectivity index (χ1v) is 9.48. The summed E-state index contributed by atoms with van der Waals surface area (Å²) in [5, 5.41) is 4.14. The molecular formula is C20H25N3O2S. The van der Waals surface area contributed by atoms with Crippen LogP contribution < -0.4 is 14.8 Å². The molecule has 0 amide bonds. The van der Waals surface area contributed by atoms with Crippen LogP contribution in [-0.4, -0.2) is 28.3 Å². The highest BCUT2D eigenvalue weighted by molar-refractivity contribution is 7.80. The predicted molar refractivity (Wildman–Crippen MR) is 106 cm³/mol. The molecule has 0 fully saturated rings. The quantitative estimate of drug-likeness (QED) is 0.561. The predicted octanol–water partition coefficient (Wildman–Crippen LogP) is 3.88. The first-order valence-electron chi connectivity index (χ1n) is 9.07. The van der Waals surface area contributed by atoms with Gasteiger partial charge in [-0.1, -0.05) is 31.9 Å². The fraction of sp³-hybridized carbons (Fsp3) is 0.400. The highest BCUT2D eigenvalue weighted by atomic mass is 32.1. The third kappa shape index (κ3) is 5.08. The molecule has 1 aromatic heterocycles. The minimum Gasteiger partial charge on any atom is -0.454 e. The smallest absolute Gasteiger partial charge is 0.231 e. The Bertz CT molecular complexity index is 724. The monoisotopic (exact) mass is 371 g/mol. The molecule has 1 N–H and O–H groups in total. The molecule has 3 rings (SSSR count). The second-order valence-electron chi connectivity index (χ2n) is 6.30. The van der Waals surface area contributed by atoms with Gasteiger partial charge in [-0.3, -0.25) is 4.98 Å². The molecule has 0 unspecified atom stereocenters. The standard InChI is InChI=1S/C20H25N3O2S/c1-2-3-5-11-22-20(26)23(14-17-7-4-6-10-21-17)13-16-8-9-18-19(12-16)25-15-24-18/h4,6-10,12H,2-3,5,11,13-15H2,1H3,(H,22,26). The van der Waals surface area contributed by atoms with Gasteiger partial charge >= 0.3 is 0 Å². The summed E-state index contributed by atoms with van der Waals surface area (Å²) in [5.74, 6) is 1.59. The third-order valence-electron chi connectivity index (χ3n) is 4.23. The van der Waals surface area contributed by atoms with Crippen LogP contribution in [0.4, 0.5) is 0 Å². The summed E-state index contributed by atoms with van der Waals surface area (Å²) in [6.45, 7) is 4.73. The molecular weight excluding hydrogens is 346 g/mol. The average Bonchev–Trinajstić information content (AvgIpc) is 3.13. The summed E-state index contributed by atoms with van der Waals surface area (Å²) in [5.41, 5.74) is 2.12. The maximum atomic E-state index is 5.65. The SMILES string of the molecule is CCCCCNC(=S)N(Cc1ccc2c(c1)OCO2)Cc1ccccn1. The number of thiocarbonyl (C=S) groups is 1. The molecule has 1 aromatic carbocycles. The number of benzene rings is 1. The highest BCUT2D eigenvalue weighted by Crippen LogP contribution is 2.32. The zero-order valence-electron chi connectivity index (χ0n) is 15.1. The van der Waals surface area contributed by atoms with Crippen LogP contribution in [0.15, 0.2) is 42.6 Å². The Labute approximate surface area is 160 Å². The van der Waals surface area contributed by atoms with Gasteiger partial charge in [0.2, 0.25) is 6.79 Å². The van der Waals surface area contributed by atoms with Crippen molar-refractivity contribution in [3.8, 4) is 11.5 Å². The average molecular weight is 372 g/mol. The largest absolute Gasteiger partial charge is 0.454 e. The van der Waals surface area contributed by atoms with Crippen molar-refractivity contribution < 1.29 is 9.47 Å². The maximum Gasteiger partial charge on any atom is 0.231 e. The van der Waals surface area contributed by atoms with Gasteiger partial charge < -0.3 is 19.7 Å². The lowest BCUT2D eigenvalue weighted by molar-refractivity contribution is 0.174. The fourth-order valence-electron chi connectivity index (χ4n) is 2.83. The summed E-state index contributed by atoms with van der Waals surface area (Å²) in [4.78, 5) is 6.58. The van der Waals surface area contributed by atoms with Crippen molar-refractivity contribution in [1.29, 1.82) is 0 Å². The molecule has 0 radical (unpaired) electrons. The molecule has 2 aromatic rings. The van der Waals surface area contributed by atoms with Crippen molar-refractivity contribution in [2.75, 3.05) is 13.3 Å². The molecule has 0 aliphatic carbocycles. The van der Waals surface area contributed by atoms with Crippen LogP contribution in [0.25, 0.3) is 0 Å². The zero-order chi connectivity index (χ0) is 18.2. The first-order chi connectivity index (χ1) is 12.8. The number of unbranched alkanes of at least 4 members (excludes halogenated alkanes) is 2. The van der Waals surface area contributed by atoms with E-state index in [1.807, 2.05) is 36.5 Å². The van der Waals surface area contributed by atoms with Crippen LogP contribution in [0.2, 0.25) is 0 Å². The molecule has 138 valence electrons. The Hall–Kier alpha value is -2.34. The van der Waals surface area contributed by atoms with Crippen molar-refractivity contribution >= 4 is 17.3 Å². The van der Waals surface area contributed by atoms with E-state index in [4.69, 9.17) is 21.7 Å². The zero-order valence-corrected chi connectivity index (χ0v) is 15.9. The van der Waals surface area contributed by atoms with Crippen LogP contribution >= 0.6 is 12.2 Å². The molecule has 0 atom stereocenters. The molecule has 0 spiro atoms. The van der Waals surface area contributed by atoms with Gasteiger partial charge in [-0.05, 0) is 48.5 Å². The van der Waals surface area contributed by atoms with E-state index in [9.17, 15) is 0 Å². The van der Waals surface area contributed by atoms with Gasteiger partial charge in [0.05, 0.1) is 12.2 Å². The lowest BCUT2D eigenvalue weighted by Gasteiger charge is -2.26. The van der Waals surface area contributed by atoms with E-state index in [1.165, 1.54) is 12.8 Å². The van der Waals surface area contributed by atoms with Gasteiger partial charge in [0.1, 0.15) is 0 Å². The number of hydrogen-bond acceptors (Lipinski definition) is 4. The van der Waals surface area contributed by atoms with E-state index in [-0.39, 0.29) is 6.79 Å². The summed E-state index contributed by atoms with van der Waals surface area (Å²) in [7, 11) is 0. The van der Waals surface area contributed by atoms with Crippen molar-refractivity contribution in [2.24, 2.45) is 0 Å². The minimum atomic E-state index is 0.286. The van der Waals surface area contributed by atoms with E-state index in [2.05, 4.69) is 28.2 Å². The van der Waals surface area contributed by atoms with Crippen LogP contribution in [0.1, 0.15) is 37.4 Å². The Morgan fingerprint density at radius 3 is 2.85 bits per heavy atom. The summed E-state index contributed by atoms with van der Waals surface area (Å²) in [6, 6.07) is 12.0. The molecule has 0 saturated carbocycles. The number of rotatable bonds is 8. The Kier molecular flexibility index (Phi) is 6.66. The normalized spacial score (nSPS) is 12.0. The van der Waals surface area contributed by atoms with Crippen molar-refractivity contribution in [1.82, 2.24) is 15.2 Å². The van der Waals surface area contributed by atoms with Crippen LogP contribution in [-0.2, 0) is 13.1 Å². The maximum absolute atomic E-state index is 5.65. The van der Waals surface area contributed by atoms with Gasteiger partial charge in [-0.25, -0.2) is 0 Å². The molecule has 0 bridgehead atoms. The van der Waals surface area contributed by atoms with Gasteiger partial charge in [0.15, 0.2) is 16.6 Å². The molecule has 1 aliphatic rings. The number of nitrogens with zero attached hydrogens (tertiary/aromatic N) is 2. The molecule has 26 heavy (non-hydrogen) atoms. The fourth-order valence-corrected chi connectivity index (χ4v) is 3.06. The molecule has 1 aliphatic heterocycles. The number of ether oxygens (including phenoxy) is 2. The summed E-state index contributed by atoms with van der Waals surface area (Å²) < 4.78 is 10.9. The van der Waals surface area contributed by atoms with E-state index in [1.54, 1.807) is 0 Å². The van der Waals surface area contributed by atoms with Crippen molar-refractivity contribution in [3.05, 3.63) is 53.9 Å². The lowest BCUT2D eigenvalue weighted by atomic mass is 10.2. The number of aromatic nitrogens is 1. The first kappa shape index (κ1) is 18.5. The Morgan fingerprint density at radius 1 is 1.15 bits per heavy atom. The highest BCUT2D eigenvalue weighted by Gasteiger charge is 2.16.